The molecule has 0 amide bonds. The Hall–Kier alpha value is -3.20. The molecule has 0 aliphatic rings. The number of furan rings is 1. The number of rotatable bonds is 3. The summed E-state index contributed by atoms with van der Waals surface area (Å²) >= 11 is 0. The monoisotopic (exact) mass is 397 g/mol. The standard InChI is InChI=1S/C27H24FNO/c1-15(2)17-12-20-18-8-5-6-11-24(18)30-27(20)21(13-17)26-19-9-7-10-23(28)25(19)22(14-29-26)16(3)4/h5-16H,1-4H3. The second kappa shape index (κ2) is 6.94. The highest BCUT2D eigenvalue weighted by atomic mass is 19.1. The number of para-hydroxylation sites is 1. The molecule has 0 atom stereocenters. The summed E-state index contributed by atoms with van der Waals surface area (Å²) in [7, 11) is 0. The Morgan fingerprint density at radius 3 is 2.37 bits per heavy atom. The van der Waals surface area contributed by atoms with Crippen molar-refractivity contribution >= 4 is 32.7 Å². The van der Waals surface area contributed by atoms with Crippen LogP contribution < -0.4 is 0 Å². The Kier molecular flexibility index (Phi) is 4.35. The maximum Gasteiger partial charge on any atom is 0.144 e. The first kappa shape index (κ1) is 18.8. The molecule has 0 saturated heterocycles. The van der Waals surface area contributed by atoms with Crippen LogP contribution in [-0.4, -0.2) is 4.98 Å². The number of benzene rings is 3. The van der Waals surface area contributed by atoms with E-state index in [0.717, 1.165) is 44.1 Å². The summed E-state index contributed by atoms with van der Waals surface area (Å²) < 4.78 is 21.2. The van der Waals surface area contributed by atoms with Gasteiger partial charge in [-0.1, -0.05) is 58.0 Å². The van der Waals surface area contributed by atoms with E-state index in [4.69, 9.17) is 9.40 Å². The molecule has 0 radical (unpaired) electrons. The second-order valence-corrected chi connectivity index (χ2v) is 8.58. The van der Waals surface area contributed by atoms with Crippen molar-refractivity contribution in [3.63, 3.8) is 0 Å². The predicted octanol–water partition coefficient (Wildman–Crippen LogP) is 8.19. The van der Waals surface area contributed by atoms with E-state index in [1.54, 1.807) is 6.07 Å². The molecule has 5 rings (SSSR count). The molecular formula is C27H24FNO. The molecule has 0 spiro atoms. The Morgan fingerprint density at radius 1 is 0.833 bits per heavy atom. The smallest absolute Gasteiger partial charge is 0.144 e. The van der Waals surface area contributed by atoms with Crippen LogP contribution in [0.1, 0.15) is 50.7 Å². The van der Waals surface area contributed by atoms with Gasteiger partial charge in [0.1, 0.15) is 17.0 Å². The number of pyridine rings is 1. The minimum absolute atomic E-state index is 0.180. The summed E-state index contributed by atoms with van der Waals surface area (Å²) in [6.45, 7) is 8.50. The molecule has 0 N–H and O–H groups in total. The van der Waals surface area contributed by atoms with Crippen LogP contribution in [-0.2, 0) is 0 Å². The lowest BCUT2D eigenvalue weighted by Gasteiger charge is -2.15. The highest BCUT2D eigenvalue weighted by Crippen LogP contribution is 2.41. The van der Waals surface area contributed by atoms with Gasteiger partial charge in [-0.3, -0.25) is 4.98 Å². The first-order chi connectivity index (χ1) is 14.5. The van der Waals surface area contributed by atoms with Gasteiger partial charge in [0.15, 0.2) is 0 Å². The third kappa shape index (κ3) is 2.80. The van der Waals surface area contributed by atoms with Crippen molar-refractivity contribution in [1.29, 1.82) is 0 Å². The largest absolute Gasteiger partial charge is 0.455 e. The lowest BCUT2D eigenvalue weighted by atomic mass is 9.92. The third-order valence-electron chi connectivity index (χ3n) is 5.93. The molecule has 3 heteroatoms. The minimum Gasteiger partial charge on any atom is -0.455 e. The lowest BCUT2D eigenvalue weighted by Crippen LogP contribution is -1.98. The van der Waals surface area contributed by atoms with E-state index in [-0.39, 0.29) is 11.7 Å². The summed E-state index contributed by atoms with van der Waals surface area (Å²) in [5, 5.41) is 3.64. The molecule has 2 heterocycles. The van der Waals surface area contributed by atoms with Crippen LogP contribution >= 0.6 is 0 Å². The fraction of sp³-hybridized carbons (Fsp3) is 0.222. The number of nitrogens with zero attached hydrogens (tertiary/aromatic N) is 1. The summed E-state index contributed by atoms with van der Waals surface area (Å²) in [5.74, 6) is 0.319. The number of fused-ring (bicyclic) bond motifs is 4. The molecule has 150 valence electrons. The van der Waals surface area contributed by atoms with Crippen molar-refractivity contribution in [2.75, 3.05) is 0 Å². The molecule has 0 fully saturated rings. The molecule has 2 aromatic heterocycles. The minimum atomic E-state index is -0.208. The normalized spacial score (nSPS) is 12.1. The Bertz CT molecular complexity index is 1410. The van der Waals surface area contributed by atoms with Crippen molar-refractivity contribution in [2.45, 2.75) is 39.5 Å². The first-order valence-electron chi connectivity index (χ1n) is 10.5. The Labute approximate surface area is 175 Å². The molecule has 3 aromatic carbocycles. The second-order valence-electron chi connectivity index (χ2n) is 8.58. The average Bonchev–Trinajstić information content (AvgIpc) is 3.11. The first-order valence-corrected chi connectivity index (χ1v) is 10.5. The van der Waals surface area contributed by atoms with Crippen molar-refractivity contribution in [1.82, 2.24) is 4.98 Å². The molecule has 5 aromatic rings. The summed E-state index contributed by atoms with van der Waals surface area (Å²) in [6.07, 6.45) is 1.82. The Morgan fingerprint density at radius 2 is 1.60 bits per heavy atom. The third-order valence-corrected chi connectivity index (χ3v) is 5.93. The predicted molar refractivity (Wildman–Crippen MR) is 123 cm³/mol. The molecular weight excluding hydrogens is 373 g/mol. The highest BCUT2D eigenvalue weighted by Gasteiger charge is 2.20. The summed E-state index contributed by atoms with van der Waals surface area (Å²) in [6, 6.07) is 17.7. The van der Waals surface area contributed by atoms with Crippen LogP contribution in [0.25, 0.3) is 44.0 Å². The van der Waals surface area contributed by atoms with E-state index in [0.29, 0.717) is 11.3 Å². The summed E-state index contributed by atoms with van der Waals surface area (Å²) in [5.41, 5.74) is 5.47. The number of hydrogen-bond acceptors (Lipinski definition) is 2. The zero-order chi connectivity index (χ0) is 21.0. The fourth-order valence-corrected chi connectivity index (χ4v) is 4.29. The topological polar surface area (TPSA) is 26.0 Å². The molecule has 0 aliphatic heterocycles. The SMILES string of the molecule is CC(C)c1cc(-c2ncc(C(C)C)c3c(F)cccc23)c2oc3ccccc3c2c1. The number of hydrogen-bond donors (Lipinski definition) is 0. The van der Waals surface area contributed by atoms with Gasteiger partial charge < -0.3 is 4.42 Å². The van der Waals surface area contributed by atoms with Crippen LogP contribution in [0.3, 0.4) is 0 Å². The van der Waals surface area contributed by atoms with Gasteiger partial charge in [0.2, 0.25) is 0 Å². The lowest BCUT2D eigenvalue weighted by molar-refractivity contribution is 0.637. The average molecular weight is 397 g/mol. The van der Waals surface area contributed by atoms with E-state index < -0.39 is 0 Å². The molecule has 2 nitrogen and oxygen atoms in total. The van der Waals surface area contributed by atoms with Crippen molar-refractivity contribution in [2.24, 2.45) is 0 Å². The maximum absolute atomic E-state index is 14.9. The van der Waals surface area contributed by atoms with Crippen LogP contribution in [0.5, 0.6) is 0 Å². The summed E-state index contributed by atoms with van der Waals surface area (Å²) in [4.78, 5) is 4.83. The van der Waals surface area contributed by atoms with E-state index in [1.165, 1.54) is 11.6 Å². The molecule has 30 heavy (non-hydrogen) atoms. The van der Waals surface area contributed by atoms with Crippen LogP contribution in [0.4, 0.5) is 4.39 Å². The zero-order valence-corrected chi connectivity index (χ0v) is 17.7. The van der Waals surface area contributed by atoms with Crippen molar-refractivity contribution < 1.29 is 8.81 Å². The quantitative estimate of drug-likeness (QED) is 0.307. The van der Waals surface area contributed by atoms with Crippen molar-refractivity contribution in [3.8, 4) is 11.3 Å². The van der Waals surface area contributed by atoms with Crippen molar-refractivity contribution in [3.05, 3.63) is 77.7 Å². The Balaban J connectivity index is 1.93. The molecule has 0 saturated carbocycles. The molecule has 0 unspecified atom stereocenters. The van der Waals surface area contributed by atoms with Crippen LogP contribution in [0.2, 0.25) is 0 Å². The van der Waals surface area contributed by atoms with Gasteiger partial charge in [0.05, 0.1) is 5.69 Å². The van der Waals surface area contributed by atoms with Crippen LogP contribution in [0, 0.1) is 5.82 Å². The van der Waals surface area contributed by atoms with E-state index >= 15 is 0 Å². The fourth-order valence-electron chi connectivity index (χ4n) is 4.29. The van der Waals surface area contributed by atoms with Gasteiger partial charge in [-0.15, -0.1) is 0 Å². The van der Waals surface area contributed by atoms with Gasteiger partial charge in [0, 0.05) is 33.3 Å². The molecule has 0 bridgehead atoms. The zero-order valence-electron chi connectivity index (χ0n) is 17.7. The number of halogens is 1. The van der Waals surface area contributed by atoms with Crippen LogP contribution in [0.15, 0.2) is 65.2 Å². The van der Waals surface area contributed by atoms with Gasteiger partial charge in [-0.2, -0.15) is 0 Å². The number of aromatic nitrogens is 1. The van der Waals surface area contributed by atoms with Gasteiger partial charge in [-0.25, -0.2) is 4.39 Å². The van der Waals surface area contributed by atoms with Gasteiger partial charge in [-0.05, 0) is 47.2 Å². The maximum atomic E-state index is 14.9. The molecule has 0 aliphatic carbocycles. The van der Waals surface area contributed by atoms with E-state index in [9.17, 15) is 4.39 Å². The van der Waals surface area contributed by atoms with E-state index in [1.807, 2.05) is 30.5 Å². The van der Waals surface area contributed by atoms with E-state index in [2.05, 4.69) is 45.9 Å². The highest BCUT2D eigenvalue weighted by molar-refractivity contribution is 6.12. The van der Waals surface area contributed by atoms with Gasteiger partial charge in [0.25, 0.3) is 0 Å². The van der Waals surface area contributed by atoms with Gasteiger partial charge >= 0.3 is 0 Å².